The molecule has 0 unspecified atom stereocenters. The van der Waals surface area contributed by atoms with Crippen LogP contribution in [0.3, 0.4) is 0 Å². The number of methoxy groups -OCH3 is 1. The maximum atomic E-state index is 12.5. The van der Waals surface area contributed by atoms with E-state index >= 15 is 0 Å². The average Bonchev–Trinajstić information content (AvgIpc) is 3.30. The lowest BCUT2D eigenvalue weighted by Crippen LogP contribution is -2.43. The number of nitrogens with zero attached hydrogens (tertiary/aromatic N) is 2. The normalized spacial score (nSPS) is 15.8. The molecule has 1 aliphatic rings. The van der Waals surface area contributed by atoms with Crippen LogP contribution in [0, 0.1) is 0 Å². The number of carbonyl (C=O) groups is 1. The Balaban J connectivity index is 1.66. The molecular weight excluding hydrogens is 370 g/mol. The minimum absolute atomic E-state index is 0.154. The van der Waals surface area contributed by atoms with Gasteiger partial charge in [-0.1, -0.05) is 17.3 Å². The Hall–Kier alpha value is -2.67. The predicted octanol–water partition coefficient (Wildman–Crippen LogP) is 3.67. The third kappa shape index (κ3) is 4.95. The third-order valence-corrected chi connectivity index (χ3v) is 4.34. The number of furan rings is 1. The Morgan fingerprint density at radius 2 is 2.26 bits per heavy atom. The highest BCUT2D eigenvalue weighted by atomic mass is 35.5. The van der Waals surface area contributed by atoms with Crippen molar-refractivity contribution in [1.29, 1.82) is 0 Å². The summed E-state index contributed by atoms with van der Waals surface area (Å²) in [4.78, 5) is 19.7. The van der Waals surface area contributed by atoms with Crippen molar-refractivity contribution in [3.63, 3.8) is 0 Å². The van der Waals surface area contributed by atoms with E-state index in [-0.39, 0.29) is 12.1 Å². The number of nitrogens with one attached hydrogen (secondary N) is 1. The van der Waals surface area contributed by atoms with Crippen molar-refractivity contribution >= 4 is 23.3 Å². The molecule has 1 N–H and O–H groups in total. The molecule has 1 atom stereocenters. The number of benzene rings is 1. The van der Waals surface area contributed by atoms with Crippen LogP contribution in [0.1, 0.15) is 24.7 Å². The summed E-state index contributed by atoms with van der Waals surface area (Å²) in [6.07, 6.45) is 0.287. The van der Waals surface area contributed by atoms with E-state index in [4.69, 9.17) is 25.6 Å². The molecule has 2 amide bonds. The fraction of sp³-hybridized carbons (Fsp3) is 0.368. The van der Waals surface area contributed by atoms with Crippen LogP contribution >= 0.6 is 11.6 Å². The van der Waals surface area contributed by atoms with Crippen LogP contribution in [0.25, 0.3) is 0 Å². The van der Waals surface area contributed by atoms with Crippen molar-refractivity contribution in [2.45, 2.75) is 26.0 Å². The molecule has 2 aromatic rings. The van der Waals surface area contributed by atoms with Gasteiger partial charge >= 0.3 is 6.03 Å². The Kier molecular flexibility index (Phi) is 6.24. The Labute approximate surface area is 162 Å². The molecule has 0 saturated carbocycles. The largest absolute Gasteiger partial charge is 0.497 e. The number of hydrogen-bond acceptors (Lipinski definition) is 5. The summed E-state index contributed by atoms with van der Waals surface area (Å²) in [5.74, 6) is 1.33. The number of amides is 2. The second-order valence-electron chi connectivity index (χ2n) is 6.14. The average molecular weight is 392 g/mol. The van der Waals surface area contributed by atoms with Crippen LogP contribution in [-0.2, 0) is 11.4 Å². The molecule has 7 nitrogen and oxygen atoms in total. The lowest BCUT2D eigenvalue weighted by molar-refractivity contribution is 0.0590. The highest BCUT2D eigenvalue weighted by Gasteiger charge is 2.28. The van der Waals surface area contributed by atoms with E-state index in [9.17, 15) is 4.79 Å². The first kappa shape index (κ1) is 19.1. The topological polar surface area (TPSA) is 76.3 Å². The molecule has 0 radical (unpaired) electrons. The summed E-state index contributed by atoms with van der Waals surface area (Å²) < 4.78 is 10.6. The molecule has 2 heterocycles. The van der Waals surface area contributed by atoms with Crippen molar-refractivity contribution in [3.05, 3.63) is 52.9 Å². The molecule has 8 heteroatoms. The van der Waals surface area contributed by atoms with Gasteiger partial charge in [0.15, 0.2) is 17.1 Å². The molecule has 0 fully saturated rings. The zero-order valence-corrected chi connectivity index (χ0v) is 16.0. The van der Waals surface area contributed by atoms with Gasteiger partial charge in [0.25, 0.3) is 0 Å². The molecule has 1 aromatic heterocycles. The molecule has 0 spiro atoms. The second-order valence-corrected chi connectivity index (χ2v) is 6.51. The van der Waals surface area contributed by atoms with Crippen LogP contribution in [0.2, 0.25) is 5.22 Å². The van der Waals surface area contributed by atoms with Crippen LogP contribution in [-0.4, -0.2) is 42.9 Å². The maximum Gasteiger partial charge on any atom is 0.317 e. The summed E-state index contributed by atoms with van der Waals surface area (Å²) in [7, 11) is 1.62. The van der Waals surface area contributed by atoms with E-state index in [0.29, 0.717) is 42.7 Å². The monoisotopic (exact) mass is 391 g/mol. The van der Waals surface area contributed by atoms with Gasteiger partial charge < -0.3 is 24.2 Å². The lowest BCUT2D eigenvalue weighted by atomic mass is 10.1. The summed E-state index contributed by atoms with van der Waals surface area (Å²) in [5, 5.41) is 7.22. The number of oxime groups is 1. The molecule has 27 heavy (non-hydrogen) atoms. The van der Waals surface area contributed by atoms with Crippen molar-refractivity contribution < 1.29 is 18.8 Å². The molecule has 1 aromatic carbocycles. The third-order valence-electron chi connectivity index (χ3n) is 4.14. The van der Waals surface area contributed by atoms with Crippen LogP contribution in [0.5, 0.6) is 5.75 Å². The van der Waals surface area contributed by atoms with E-state index in [0.717, 1.165) is 11.3 Å². The zero-order valence-electron chi connectivity index (χ0n) is 15.3. The summed E-state index contributed by atoms with van der Waals surface area (Å²) >= 11 is 5.82. The van der Waals surface area contributed by atoms with Crippen LogP contribution in [0.15, 0.2) is 46.0 Å². The molecule has 144 valence electrons. The van der Waals surface area contributed by atoms with Crippen molar-refractivity contribution in [2.75, 3.05) is 20.2 Å². The van der Waals surface area contributed by atoms with Crippen LogP contribution in [0.4, 0.5) is 4.79 Å². The smallest absolute Gasteiger partial charge is 0.317 e. The van der Waals surface area contributed by atoms with E-state index in [1.165, 1.54) is 0 Å². The van der Waals surface area contributed by atoms with Crippen molar-refractivity contribution in [1.82, 2.24) is 10.2 Å². The van der Waals surface area contributed by atoms with Gasteiger partial charge in [-0.15, -0.1) is 0 Å². The molecule has 1 aliphatic heterocycles. The van der Waals surface area contributed by atoms with Gasteiger partial charge in [-0.05, 0) is 48.4 Å². The Morgan fingerprint density at radius 3 is 2.96 bits per heavy atom. The van der Waals surface area contributed by atoms with Gasteiger partial charge in [-0.25, -0.2) is 4.79 Å². The molecule has 3 rings (SSSR count). The standard InChI is InChI=1S/C19H22ClN3O4/c1-3-21-19(24)23(11-13-5-4-6-14(9-13)25-2)12-15-10-16(22-27-15)17-7-8-18(20)26-17/h4-9,15H,3,10-12H2,1-2H3,(H,21,24)/t15-/m1/s1. The van der Waals surface area contributed by atoms with Crippen molar-refractivity contribution in [3.8, 4) is 5.75 Å². The second kappa shape index (κ2) is 8.81. The minimum Gasteiger partial charge on any atom is -0.497 e. The summed E-state index contributed by atoms with van der Waals surface area (Å²) in [6.45, 7) is 3.26. The van der Waals surface area contributed by atoms with Crippen LogP contribution < -0.4 is 10.1 Å². The summed E-state index contributed by atoms with van der Waals surface area (Å²) in [6, 6.07) is 10.9. The lowest BCUT2D eigenvalue weighted by Gasteiger charge is -2.25. The first-order valence-electron chi connectivity index (χ1n) is 8.73. The zero-order chi connectivity index (χ0) is 19.2. The van der Waals surface area contributed by atoms with Gasteiger partial charge in [0.05, 0.1) is 13.7 Å². The number of rotatable bonds is 7. The molecule has 0 saturated heterocycles. The highest BCUT2D eigenvalue weighted by molar-refractivity contribution is 6.29. The number of hydrogen-bond donors (Lipinski definition) is 1. The molecule has 0 aliphatic carbocycles. The van der Waals surface area contributed by atoms with Gasteiger partial charge in [0.2, 0.25) is 0 Å². The van der Waals surface area contributed by atoms with E-state index in [2.05, 4.69) is 10.5 Å². The van der Waals surface area contributed by atoms with E-state index < -0.39 is 0 Å². The van der Waals surface area contributed by atoms with Crippen molar-refractivity contribution in [2.24, 2.45) is 5.16 Å². The van der Waals surface area contributed by atoms with Gasteiger partial charge in [0, 0.05) is 19.5 Å². The fourth-order valence-electron chi connectivity index (χ4n) is 2.86. The highest BCUT2D eigenvalue weighted by Crippen LogP contribution is 2.22. The van der Waals surface area contributed by atoms with Gasteiger partial charge in [-0.3, -0.25) is 0 Å². The SMILES string of the molecule is CCNC(=O)N(Cc1cccc(OC)c1)C[C@H]1CC(c2ccc(Cl)o2)=NO1. The predicted molar refractivity (Wildman–Crippen MR) is 102 cm³/mol. The Bertz CT molecular complexity index is 821. The molecule has 0 bridgehead atoms. The first-order chi connectivity index (χ1) is 13.1. The quantitative estimate of drug-likeness (QED) is 0.781. The fourth-order valence-corrected chi connectivity index (χ4v) is 3.01. The minimum atomic E-state index is -0.253. The number of ether oxygens (including phenoxy) is 1. The maximum absolute atomic E-state index is 12.5. The van der Waals surface area contributed by atoms with E-state index in [1.54, 1.807) is 24.1 Å². The number of carbonyl (C=O) groups excluding carboxylic acids is 1. The first-order valence-corrected chi connectivity index (χ1v) is 9.11. The van der Waals surface area contributed by atoms with E-state index in [1.807, 2.05) is 31.2 Å². The van der Waals surface area contributed by atoms with Gasteiger partial charge in [-0.2, -0.15) is 0 Å². The molecular formula is C19H22ClN3O4. The van der Waals surface area contributed by atoms with Gasteiger partial charge in [0.1, 0.15) is 11.5 Å². The summed E-state index contributed by atoms with van der Waals surface area (Å²) in [5.41, 5.74) is 1.65. The number of urea groups is 1. The number of halogens is 1. The Morgan fingerprint density at radius 1 is 1.41 bits per heavy atom.